The van der Waals surface area contributed by atoms with Gasteiger partial charge in [-0.15, -0.1) is 0 Å². The van der Waals surface area contributed by atoms with Gasteiger partial charge in [0.15, 0.2) is 0 Å². The number of anilines is 3. The van der Waals surface area contributed by atoms with E-state index in [2.05, 4.69) is 15.0 Å². The van der Waals surface area contributed by atoms with E-state index in [1.54, 1.807) is 0 Å². The third kappa shape index (κ3) is 3.51. The number of aliphatic hydroxyl groups excluding tert-OH is 1. The molecule has 0 radical (unpaired) electrons. The van der Waals surface area contributed by atoms with Gasteiger partial charge in [0.25, 0.3) is 0 Å². The third-order valence-corrected chi connectivity index (χ3v) is 3.64. The summed E-state index contributed by atoms with van der Waals surface area (Å²) >= 11 is 0. The summed E-state index contributed by atoms with van der Waals surface area (Å²) in [7, 11) is 0. The fraction of sp³-hybridized carbons (Fsp3) is 0.769. The first kappa shape index (κ1) is 15.7. The predicted octanol–water partition coefficient (Wildman–Crippen LogP) is -0.114. The lowest BCUT2D eigenvalue weighted by Crippen LogP contribution is -2.50. The van der Waals surface area contributed by atoms with Crippen LogP contribution in [-0.2, 0) is 4.74 Å². The van der Waals surface area contributed by atoms with Crippen molar-refractivity contribution >= 4 is 17.8 Å². The highest BCUT2D eigenvalue weighted by atomic mass is 16.5. The van der Waals surface area contributed by atoms with Crippen LogP contribution in [0.1, 0.15) is 20.8 Å². The Morgan fingerprint density at radius 2 is 2.05 bits per heavy atom. The zero-order valence-electron chi connectivity index (χ0n) is 12.9. The van der Waals surface area contributed by atoms with Crippen molar-refractivity contribution in [2.75, 3.05) is 48.4 Å². The van der Waals surface area contributed by atoms with Crippen LogP contribution in [0.3, 0.4) is 0 Å². The summed E-state index contributed by atoms with van der Waals surface area (Å²) in [4.78, 5) is 17.0. The van der Waals surface area contributed by atoms with Crippen LogP contribution < -0.4 is 15.5 Å². The standard InChI is InChI=1S/C13H24N6O2/c1-4-18(5-2)12-15-11(14)16-13(17-12)19-6-10(7-20)21-8-9(19)3/h9-10,20H,4-8H2,1-3H3,(H2,14,15,16,17). The summed E-state index contributed by atoms with van der Waals surface area (Å²) in [6.07, 6.45) is -0.226. The van der Waals surface area contributed by atoms with Crippen LogP contribution in [0.5, 0.6) is 0 Å². The molecule has 0 amide bonds. The first-order valence-electron chi connectivity index (χ1n) is 7.34. The van der Waals surface area contributed by atoms with E-state index in [1.165, 1.54) is 0 Å². The molecule has 1 fully saturated rings. The van der Waals surface area contributed by atoms with Crippen LogP contribution in [-0.4, -0.2) is 65.1 Å². The number of hydrogen-bond donors (Lipinski definition) is 2. The van der Waals surface area contributed by atoms with E-state index in [1.807, 2.05) is 30.6 Å². The van der Waals surface area contributed by atoms with Gasteiger partial charge in [-0.2, -0.15) is 15.0 Å². The molecule has 1 aromatic heterocycles. The van der Waals surface area contributed by atoms with Crippen molar-refractivity contribution < 1.29 is 9.84 Å². The molecule has 8 nitrogen and oxygen atoms in total. The van der Waals surface area contributed by atoms with E-state index in [0.29, 0.717) is 25.0 Å². The normalized spacial score (nSPS) is 22.4. The Hall–Kier alpha value is -1.67. The largest absolute Gasteiger partial charge is 0.394 e. The summed E-state index contributed by atoms with van der Waals surface area (Å²) in [6, 6.07) is 0.124. The Balaban J connectivity index is 2.29. The minimum Gasteiger partial charge on any atom is -0.394 e. The Morgan fingerprint density at radius 3 is 2.67 bits per heavy atom. The van der Waals surface area contributed by atoms with Crippen LogP contribution in [0.4, 0.5) is 17.8 Å². The average Bonchev–Trinajstić information content (AvgIpc) is 2.48. The molecular weight excluding hydrogens is 272 g/mol. The van der Waals surface area contributed by atoms with Gasteiger partial charge in [0.1, 0.15) is 0 Å². The van der Waals surface area contributed by atoms with Crippen molar-refractivity contribution in [2.45, 2.75) is 32.9 Å². The Labute approximate surface area is 125 Å². The second-order valence-corrected chi connectivity index (χ2v) is 5.11. The minimum atomic E-state index is -0.226. The minimum absolute atomic E-state index is 0.0211. The molecule has 1 saturated heterocycles. The van der Waals surface area contributed by atoms with E-state index in [0.717, 1.165) is 13.1 Å². The molecule has 1 aliphatic heterocycles. The molecule has 0 bridgehead atoms. The van der Waals surface area contributed by atoms with Gasteiger partial charge >= 0.3 is 0 Å². The lowest BCUT2D eigenvalue weighted by atomic mass is 10.2. The SMILES string of the molecule is CCN(CC)c1nc(N)nc(N2CC(CO)OCC2C)n1. The molecule has 0 aliphatic carbocycles. The van der Waals surface area contributed by atoms with E-state index < -0.39 is 0 Å². The average molecular weight is 296 g/mol. The number of morpholine rings is 1. The third-order valence-electron chi connectivity index (χ3n) is 3.64. The molecule has 2 rings (SSSR count). The molecule has 2 atom stereocenters. The zero-order valence-corrected chi connectivity index (χ0v) is 12.9. The van der Waals surface area contributed by atoms with Gasteiger partial charge in [-0.05, 0) is 20.8 Å². The van der Waals surface area contributed by atoms with Crippen molar-refractivity contribution in [3.8, 4) is 0 Å². The highest BCUT2D eigenvalue weighted by Gasteiger charge is 2.28. The van der Waals surface area contributed by atoms with Crippen molar-refractivity contribution in [1.82, 2.24) is 15.0 Å². The first-order valence-corrected chi connectivity index (χ1v) is 7.34. The molecule has 0 spiro atoms. The first-order chi connectivity index (χ1) is 10.1. The van der Waals surface area contributed by atoms with E-state index in [-0.39, 0.29) is 24.7 Å². The van der Waals surface area contributed by atoms with E-state index >= 15 is 0 Å². The Bertz CT molecular complexity index is 468. The molecule has 1 aromatic rings. The molecule has 3 N–H and O–H groups in total. The Morgan fingerprint density at radius 1 is 1.33 bits per heavy atom. The maximum atomic E-state index is 9.28. The molecular formula is C13H24N6O2. The molecule has 2 heterocycles. The van der Waals surface area contributed by atoms with Gasteiger partial charge in [0.05, 0.1) is 25.4 Å². The smallest absolute Gasteiger partial charge is 0.232 e. The molecule has 2 unspecified atom stereocenters. The monoisotopic (exact) mass is 296 g/mol. The number of hydrogen-bond acceptors (Lipinski definition) is 8. The van der Waals surface area contributed by atoms with Crippen LogP contribution in [0.2, 0.25) is 0 Å². The van der Waals surface area contributed by atoms with Crippen LogP contribution in [0, 0.1) is 0 Å². The highest BCUT2D eigenvalue weighted by Crippen LogP contribution is 2.21. The number of rotatable bonds is 5. The van der Waals surface area contributed by atoms with Gasteiger partial charge in [-0.25, -0.2) is 0 Å². The lowest BCUT2D eigenvalue weighted by molar-refractivity contribution is -0.0108. The van der Waals surface area contributed by atoms with E-state index in [9.17, 15) is 5.11 Å². The van der Waals surface area contributed by atoms with Gasteiger partial charge in [-0.3, -0.25) is 0 Å². The summed E-state index contributed by atoms with van der Waals surface area (Å²) in [5.74, 6) is 1.33. The molecule has 21 heavy (non-hydrogen) atoms. The number of aromatic nitrogens is 3. The Kier molecular flexibility index (Phi) is 5.13. The number of nitrogens with zero attached hydrogens (tertiary/aromatic N) is 5. The molecule has 118 valence electrons. The predicted molar refractivity (Wildman–Crippen MR) is 81.4 cm³/mol. The van der Waals surface area contributed by atoms with Crippen molar-refractivity contribution in [3.05, 3.63) is 0 Å². The van der Waals surface area contributed by atoms with Crippen LogP contribution in [0.15, 0.2) is 0 Å². The van der Waals surface area contributed by atoms with Gasteiger partial charge in [-0.1, -0.05) is 0 Å². The highest BCUT2D eigenvalue weighted by molar-refractivity contribution is 5.44. The second kappa shape index (κ2) is 6.86. The van der Waals surface area contributed by atoms with Gasteiger partial charge in [0, 0.05) is 19.6 Å². The maximum Gasteiger partial charge on any atom is 0.232 e. The van der Waals surface area contributed by atoms with Crippen LogP contribution >= 0.6 is 0 Å². The van der Waals surface area contributed by atoms with Crippen molar-refractivity contribution in [3.63, 3.8) is 0 Å². The van der Waals surface area contributed by atoms with Crippen molar-refractivity contribution in [2.24, 2.45) is 0 Å². The fourth-order valence-electron chi connectivity index (χ4n) is 2.35. The summed E-state index contributed by atoms with van der Waals surface area (Å²) in [5, 5.41) is 9.28. The lowest BCUT2D eigenvalue weighted by Gasteiger charge is -2.37. The zero-order chi connectivity index (χ0) is 15.4. The van der Waals surface area contributed by atoms with Gasteiger partial charge in [0.2, 0.25) is 17.8 Å². The molecule has 8 heteroatoms. The number of nitrogen functional groups attached to an aromatic ring is 1. The summed E-state index contributed by atoms with van der Waals surface area (Å²) < 4.78 is 5.54. The maximum absolute atomic E-state index is 9.28. The quantitative estimate of drug-likeness (QED) is 0.776. The van der Waals surface area contributed by atoms with Gasteiger partial charge < -0.3 is 25.4 Å². The topological polar surface area (TPSA) is 101 Å². The summed E-state index contributed by atoms with van der Waals surface area (Å²) in [6.45, 7) is 8.77. The molecule has 0 aromatic carbocycles. The summed E-state index contributed by atoms with van der Waals surface area (Å²) in [5.41, 5.74) is 5.83. The second-order valence-electron chi connectivity index (χ2n) is 5.11. The fourth-order valence-corrected chi connectivity index (χ4v) is 2.35. The van der Waals surface area contributed by atoms with Crippen molar-refractivity contribution in [1.29, 1.82) is 0 Å². The molecule has 1 aliphatic rings. The van der Waals surface area contributed by atoms with E-state index in [4.69, 9.17) is 10.5 Å². The number of aliphatic hydroxyl groups is 1. The molecule has 0 saturated carbocycles. The number of ether oxygens (including phenoxy) is 1. The number of nitrogens with two attached hydrogens (primary N) is 1. The van der Waals surface area contributed by atoms with Crippen LogP contribution in [0.25, 0.3) is 0 Å².